The van der Waals surface area contributed by atoms with Crippen LogP contribution in [0.2, 0.25) is 0 Å². The normalized spacial score (nSPS) is 10.4. The largest absolute Gasteiger partial charge is 0.434 e. The van der Waals surface area contributed by atoms with Gasteiger partial charge in [0.2, 0.25) is 0 Å². The van der Waals surface area contributed by atoms with Crippen LogP contribution < -0.4 is 4.74 Å². The number of aryl methyl sites for hydroxylation is 2. The van der Waals surface area contributed by atoms with E-state index >= 15 is 0 Å². The summed E-state index contributed by atoms with van der Waals surface area (Å²) in [6.45, 7) is 0.583. The number of aromatic nitrogens is 1. The summed E-state index contributed by atoms with van der Waals surface area (Å²) in [5.41, 5.74) is 1.24. The molecule has 2 nitrogen and oxygen atoms in total. The molecule has 0 saturated carbocycles. The number of halogens is 2. The van der Waals surface area contributed by atoms with Crippen LogP contribution in [0.4, 0.5) is 8.78 Å². The summed E-state index contributed by atoms with van der Waals surface area (Å²) in [7, 11) is 0. The van der Waals surface area contributed by atoms with E-state index in [1.807, 2.05) is 0 Å². The molecule has 0 aliphatic rings. The maximum Gasteiger partial charge on any atom is 0.387 e. The van der Waals surface area contributed by atoms with Gasteiger partial charge >= 0.3 is 6.61 Å². The molecular weight excluding hydrogens is 164 g/mol. The molecule has 0 radical (unpaired) electrons. The zero-order chi connectivity index (χ0) is 9.14. The van der Waals surface area contributed by atoms with Gasteiger partial charge in [-0.05, 0) is 13.8 Å². The molecule has 1 aromatic rings. The van der Waals surface area contributed by atoms with Gasteiger partial charge in [-0.25, -0.2) is 0 Å². The van der Waals surface area contributed by atoms with Crippen molar-refractivity contribution in [2.24, 2.45) is 0 Å². The highest BCUT2D eigenvalue weighted by Gasteiger charge is 2.09. The molecule has 0 aromatic carbocycles. The van der Waals surface area contributed by atoms with Crippen molar-refractivity contribution in [3.05, 3.63) is 23.5 Å². The van der Waals surface area contributed by atoms with Crippen LogP contribution in [-0.2, 0) is 0 Å². The second-order valence-electron chi connectivity index (χ2n) is 2.48. The van der Waals surface area contributed by atoms with Crippen LogP contribution in [0.1, 0.15) is 11.1 Å². The van der Waals surface area contributed by atoms with E-state index in [2.05, 4.69) is 9.72 Å². The molecule has 0 bridgehead atoms. The van der Waals surface area contributed by atoms with Gasteiger partial charge in [0.05, 0.1) is 0 Å². The van der Waals surface area contributed by atoms with Crippen LogP contribution in [0.25, 0.3) is 0 Å². The van der Waals surface area contributed by atoms with E-state index < -0.39 is 6.61 Å². The zero-order valence-corrected chi connectivity index (χ0v) is 6.84. The first kappa shape index (κ1) is 8.90. The fraction of sp³-hybridized carbons (Fsp3) is 0.375. The van der Waals surface area contributed by atoms with Crippen molar-refractivity contribution in [2.75, 3.05) is 0 Å². The summed E-state index contributed by atoms with van der Waals surface area (Å²) in [6, 6.07) is 0. The van der Waals surface area contributed by atoms with Crippen LogP contribution in [0.3, 0.4) is 0 Å². The third-order valence-corrected chi connectivity index (χ3v) is 1.46. The summed E-state index contributed by atoms with van der Waals surface area (Å²) in [6.07, 6.45) is 2.98. The number of ether oxygens (including phenoxy) is 1. The fourth-order valence-corrected chi connectivity index (χ4v) is 0.964. The fourth-order valence-electron chi connectivity index (χ4n) is 0.964. The Balaban J connectivity index is 2.96. The van der Waals surface area contributed by atoms with E-state index in [1.54, 1.807) is 13.8 Å². The third kappa shape index (κ3) is 1.90. The van der Waals surface area contributed by atoms with Crippen molar-refractivity contribution >= 4 is 0 Å². The van der Waals surface area contributed by atoms with Crippen molar-refractivity contribution in [3.8, 4) is 5.75 Å². The number of pyridine rings is 1. The average Bonchev–Trinajstić information content (AvgIpc) is 1.97. The van der Waals surface area contributed by atoms with Gasteiger partial charge < -0.3 is 4.74 Å². The minimum atomic E-state index is -2.77. The third-order valence-electron chi connectivity index (χ3n) is 1.46. The lowest BCUT2D eigenvalue weighted by molar-refractivity contribution is -0.0507. The quantitative estimate of drug-likeness (QED) is 0.684. The van der Waals surface area contributed by atoms with Gasteiger partial charge in [-0.3, -0.25) is 4.98 Å². The van der Waals surface area contributed by atoms with Gasteiger partial charge in [0.1, 0.15) is 5.75 Å². The smallest absolute Gasteiger partial charge is 0.387 e. The van der Waals surface area contributed by atoms with Crippen molar-refractivity contribution in [1.29, 1.82) is 0 Å². The Morgan fingerprint density at radius 3 is 2.17 bits per heavy atom. The van der Waals surface area contributed by atoms with E-state index in [0.29, 0.717) is 11.1 Å². The SMILES string of the molecule is Cc1cncc(C)c1OC(F)F. The molecule has 0 N–H and O–H groups in total. The number of alkyl halides is 2. The van der Waals surface area contributed by atoms with Gasteiger partial charge in [0, 0.05) is 23.5 Å². The first-order valence-corrected chi connectivity index (χ1v) is 3.47. The Labute approximate surface area is 69.2 Å². The van der Waals surface area contributed by atoms with Gasteiger partial charge in [0.25, 0.3) is 0 Å². The van der Waals surface area contributed by atoms with Gasteiger partial charge in [-0.2, -0.15) is 8.78 Å². The van der Waals surface area contributed by atoms with E-state index in [-0.39, 0.29) is 5.75 Å². The van der Waals surface area contributed by atoms with Gasteiger partial charge in [0.15, 0.2) is 0 Å². The molecule has 0 atom stereocenters. The van der Waals surface area contributed by atoms with E-state index in [1.165, 1.54) is 12.4 Å². The van der Waals surface area contributed by atoms with Crippen LogP contribution in [0, 0.1) is 13.8 Å². The summed E-state index contributed by atoms with van der Waals surface area (Å²) >= 11 is 0. The maximum absolute atomic E-state index is 11.8. The summed E-state index contributed by atoms with van der Waals surface area (Å²) in [5.74, 6) is 0.222. The Morgan fingerprint density at radius 2 is 1.75 bits per heavy atom. The lowest BCUT2D eigenvalue weighted by Gasteiger charge is -2.09. The molecule has 12 heavy (non-hydrogen) atoms. The monoisotopic (exact) mass is 173 g/mol. The van der Waals surface area contributed by atoms with E-state index in [0.717, 1.165) is 0 Å². The van der Waals surface area contributed by atoms with Crippen molar-refractivity contribution < 1.29 is 13.5 Å². The second-order valence-corrected chi connectivity index (χ2v) is 2.48. The summed E-state index contributed by atoms with van der Waals surface area (Å²) < 4.78 is 28.0. The number of nitrogens with zero attached hydrogens (tertiary/aromatic N) is 1. The highest BCUT2D eigenvalue weighted by molar-refractivity contribution is 5.36. The second kappa shape index (κ2) is 3.47. The number of rotatable bonds is 2. The highest BCUT2D eigenvalue weighted by Crippen LogP contribution is 2.22. The molecule has 0 amide bonds. The molecule has 0 aliphatic carbocycles. The maximum atomic E-state index is 11.8. The van der Waals surface area contributed by atoms with Crippen LogP contribution in [0.15, 0.2) is 12.4 Å². The standard InChI is InChI=1S/C8H9F2NO/c1-5-3-11-4-6(2)7(5)12-8(9)10/h3-4,8H,1-2H3. The Hall–Kier alpha value is -1.19. The molecule has 0 aliphatic heterocycles. The molecule has 1 rings (SSSR count). The minimum Gasteiger partial charge on any atom is -0.434 e. The zero-order valence-electron chi connectivity index (χ0n) is 6.84. The van der Waals surface area contributed by atoms with E-state index in [4.69, 9.17) is 0 Å². The Kier molecular flexibility index (Phi) is 2.58. The molecule has 1 heterocycles. The van der Waals surface area contributed by atoms with Crippen molar-refractivity contribution in [2.45, 2.75) is 20.5 Å². The summed E-state index contributed by atoms with van der Waals surface area (Å²) in [5, 5.41) is 0. The molecule has 0 unspecified atom stereocenters. The lowest BCUT2D eigenvalue weighted by atomic mass is 10.2. The molecular formula is C8H9F2NO. The minimum absolute atomic E-state index is 0.222. The van der Waals surface area contributed by atoms with Gasteiger partial charge in [-0.15, -0.1) is 0 Å². The van der Waals surface area contributed by atoms with Crippen molar-refractivity contribution in [1.82, 2.24) is 4.98 Å². The van der Waals surface area contributed by atoms with Crippen LogP contribution >= 0.6 is 0 Å². The van der Waals surface area contributed by atoms with Crippen LogP contribution in [-0.4, -0.2) is 11.6 Å². The number of hydrogen-bond donors (Lipinski definition) is 0. The Morgan fingerprint density at radius 1 is 1.25 bits per heavy atom. The Bertz CT molecular complexity index is 256. The molecule has 0 fully saturated rings. The molecule has 4 heteroatoms. The topological polar surface area (TPSA) is 22.1 Å². The predicted octanol–water partition coefficient (Wildman–Crippen LogP) is 2.30. The van der Waals surface area contributed by atoms with Crippen LogP contribution in [0.5, 0.6) is 5.75 Å². The lowest BCUT2D eigenvalue weighted by Crippen LogP contribution is -2.05. The number of hydrogen-bond acceptors (Lipinski definition) is 2. The first-order chi connectivity index (χ1) is 5.61. The van der Waals surface area contributed by atoms with Crippen molar-refractivity contribution in [3.63, 3.8) is 0 Å². The van der Waals surface area contributed by atoms with E-state index in [9.17, 15) is 8.78 Å². The molecule has 1 aromatic heterocycles. The molecule has 0 spiro atoms. The average molecular weight is 173 g/mol. The molecule has 0 saturated heterocycles. The first-order valence-electron chi connectivity index (χ1n) is 3.47. The summed E-state index contributed by atoms with van der Waals surface area (Å²) in [4.78, 5) is 3.83. The van der Waals surface area contributed by atoms with Gasteiger partial charge in [-0.1, -0.05) is 0 Å². The highest BCUT2D eigenvalue weighted by atomic mass is 19.3. The molecule has 66 valence electrons. The predicted molar refractivity (Wildman–Crippen MR) is 40.3 cm³/mol.